The third kappa shape index (κ3) is 2.37. The van der Waals surface area contributed by atoms with Crippen molar-refractivity contribution in [2.45, 2.75) is 18.9 Å². The normalized spacial score (nSPS) is 16.8. The van der Waals surface area contributed by atoms with Crippen molar-refractivity contribution in [3.63, 3.8) is 0 Å². The zero-order valence-electron chi connectivity index (χ0n) is 12.1. The van der Waals surface area contributed by atoms with Crippen LogP contribution in [0.3, 0.4) is 0 Å². The largest absolute Gasteiger partial charge is 0.504 e. The lowest BCUT2D eigenvalue weighted by Crippen LogP contribution is -2.16. The monoisotopic (exact) mass is 286 g/mol. The highest BCUT2D eigenvalue weighted by molar-refractivity contribution is 5.62. The third-order valence-corrected chi connectivity index (χ3v) is 3.79. The first kappa shape index (κ1) is 13.6. The fraction of sp³-hybridized carbons (Fsp3) is 0.294. The molecular weight excluding hydrogens is 268 g/mol. The summed E-state index contributed by atoms with van der Waals surface area (Å²) >= 11 is 0. The maximum absolute atomic E-state index is 10.1. The van der Waals surface area contributed by atoms with E-state index in [4.69, 9.17) is 14.2 Å². The van der Waals surface area contributed by atoms with E-state index in [0.717, 1.165) is 24.0 Å². The van der Waals surface area contributed by atoms with E-state index in [2.05, 4.69) is 0 Å². The Labute approximate surface area is 123 Å². The van der Waals surface area contributed by atoms with Gasteiger partial charge in [0.15, 0.2) is 11.5 Å². The molecule has 0 unspecified atom stereocenters. The van der Waals surface area contributed by atoms with E-state index >= 15 is 0 Å². The van der Waals surface area contributed by atoms with Crippen LogP contribution in [0, 0.1) is 0 Å². The van der Waals surface area contributed by atoms with Crippen LogP contribution in [0.15, 0.2) is 36.4 Å². The van der Waals surface area contributed by atoms with Crippen LogP contribution in [0.2, 0.25) is 0 Å². The lowest BCUT2D eigenvalue weighted by atomic mass is 9.96. The number of fused-ring (bicyclic) bond motifs is 1. The molecule has 0 amide bonds. The topological polar surface area (TPSA) is 47.9 Å². The summed E-state index contributed by atoms with van der Waals surface area (Å²) in [4.78, 5) is 0. The van der Waals surface area contributed by atoms with Crippen LogP contribution in [0.25, 0.3) is 0 Å². The Balaban J connectivity index is 2.03. The Morgan fingerprint density at radius 2 is 1.90 bits per heavy atom. The maximum atomic E-state index is 10.1. The zero-order valence-corrected chi connectivity index (χ0v) is 12.1. The first-order chi connectivity index (χ1) is 10.2. The molecule has 1 heterocycles. The Hall–Kier alpha value is -2.36. The van der Waals surface area contributed by atoms with Crippen LogP contribution in [0.5, 0.6) is 23.0 Å². The molecule has 0 fully saturated rings. The Bertz CT molecular complexity index is 637. The van der Waals surface area contributed by atoms with E-state index in [-0.39, 0.29) is 11.9 Å². The van der Waals surface area contributed by atoms with Crippen molar-refractivity contribution < 1.29 is 19.3 Å². The summed E-state index contributed by atoms with van der Waals surface area (Å²) in [6.07, 6.45) is 1.63. The summed E-state index contributed by atoms with van der Waals surface area (Å²) in [5.41, 5.74) is 2.06. The smallest absolute Gasteiger partial charge is 0.203 e. The van der Waals surface area contributed by atoms with Crippen LogP contribution in [-0.2, 0) is 6.42 Å². The molecule has 1 aliphatic rings. The van der Waals surface area contributed by atoms with Crippen LogP contribution < -0.4 is 14.2 Å². The summed E-state index contributed by atoms with van der Waals surface area (Å²) in [5.74, 6) is 1.61. The molecule has 4 nitrogen and oxygen atoms in total. The van der Waals surface area contributed by atoms with Crippen molar-refractivity contribution in [2.24, 2.45) is 0 Å². The van der Waals surface area contributed by atoms with Gasteiger partial charge in [0, 0.05) is 11.6 Å². The average molecular weight is 286 g/mol. The quantitative estimate of drug-likeness (QED) is 0.938. The Morgan fingerprint density at radius 1 is 1.14 bits per heavy atom. The van der Waals surface area contributed by atoms with E-state index in [1.54, 1.807) is 13.2 Å². The molecule has 0 aromatic heterocycles. The Morgan fingerprint density at radius 3 is 2.57 bits per heavy atom. The van der Waals surface area contributed by atoms with Gasteiger partial charge in [0.2, 0.25) is 5.75 Å². The van der Waals surface area contributed by atoms with Gasteiger partial charge in [0.25, 0.3) is 0 Å². The molecule has 0 spiro atoms. The first-order valence-electron chi connectivity index (χ1n) is 6.93. The molecule has 1 aliphatic heterocycles. The summed E-state index contributed by atoms with van der Waals surface area (Å²) in [6, 6.07) is 11.6. The number of hydrogen-bond donors (Lipinski definition) is 1. The number of phenolic OH excluding ortho intramolecular Hbond substituents is 1. The van der Waals surface area contributed by atoms with Crippen molar-refractivity contribution >= 4 is 0 Å². The Kier molecular flexibility index (Phi) is 3.60. The molecule has 2 aromatic rings. The molecule has 0 bridgehead atoms. The third-order valence-electron chi connectivity index (χ3n) is 3.79. The average Bonchev–Trinajstić information content (AvgIpc) is 2.54. The number of benzene rings is 2. The summed E-state index contributed by atoms with van der Waals surface area (Å²) < 4.78 is 16.7. The van der Waals surface area contributed by atoms with Crippen LogP contribution in [-0.4, -0.2) is 19.3 Å². The molecule has 0 saturated heterocycles. The molecular formula is C17H18O4. The summed E-state index contributed by atoms with van der Waals surface area (Å²) in [6.45, 7) is 0. The summed E-state index contributed by atoms with van der Waals surface area (Å²) in [7, 11) is 3.11. The summed E-state index contributed by atoms with van der Waals surface area (Å²) in [5, 5.41) is 10.1. The fourth-order valence-electron chi connectivity index (χ4n) is 2.76. The predicted octanol–water partition coefficient (Wildman–Crippen LogP) is 3.48. The molecule has 0 saturated carbocycles. The van der Waals surface area contributed by atoms with Crippen molar-refractivity contribution in [3.05, 3.63) is 47.5 Å². The minimum Gasteiger partial charge on any atom is -0.504 e. The highest BCUT2D eigenvalue weighted by Crippen LogP contribution is 2.49. The van der Waals surface area contributed by atoms with Crippen molar-refractivity contribution in [2.75, 3.05) is 14.2 Å². The van der Waals surface area contributed by atoms with Gasteiger partial charge >= 0.3 is 0 Å². The molecule has 21 heavy (non-hydrogen) atoms. The van der Waals surface area contributed by atoms with Crippen molar-refractivity contribution in [1.29, 1.82) is 0 Å². The maximum Gasteiger partial charge on any atom is 0.203 e. The van der Waals surface area contributed by atoms with Crippen LogP contribution in [0.1, 0.15) is 23.7 Å². The molecule has 1 atom stereocenters. The molecule has 0 radical (unpaired) electrons. The van der Waals surface area contributed by atoms with E-state index in [1.807, 2.05) is 30.3 Å². The number of aromatic hydroxyl groups is 1. The van der Waals surface area contributed by atoms with Crippen molar-refractivity contribution in [3.8, 4) is 23.0 Å². The number of ether oxygens (including phenoxy) is 3. The lowest BCUT2D eigenvalue weighted by molar-refractivity contribution is 0.164. The predicted molar refractivity (Wildman–Crippen MR) is 79.3 cm³/mol. The van der Waals surface area contributed by atoms with Gasteiger partial charge in [-0.1, -0.05) is 30.3 Å². The number of hydrogen-bond acceptors (Lipinski definition) is 4. The van der Waals surface area contributed by atoms with Gasteiger partial charge in [-0.15, -0.1) is 0 Å². The second kappa shape index (κ2) is 5.56. The van der Waals surface area contributed by atoms with E-state index in [0.29, 0.717) is 17.2 Å². The van der Waals surface area contributed by atoms with E-state index in [9.17, 15) is 5.11 Å². The molecule has 3 rings (SSSR count). The van der Waals surface area contributed by atoms with Gasteiger partial charge in [0.1, 0.15) is 11.9 Å². The zero-order chi connectivity index (χ0) is 14.8. The van der Waals surface area contributed by atoms with Gasteiger partial charge in [-0.25, -0.2) is 0 Å². The molecule has 1 N–H and O–H groups in total. The van der Waals surface area contributed by atoms with Crippen molar-refractivity contribution in [1.82, 2.24) is 0 Å². The molecule has 0 aliphatic carbocycles. The second-order valence-electron chi connectivity index (χ2n) is 4.99. The minimum atomic E-state index is -0.0425. The van der Waals surface area contributed by atoms with Gasteiger partial charge < -0.3 is 19.3 Å². The molecule has 4 heteroatoms. The minimum absolute atomic E-state index is 0.0295. The van der Waals surface area contributed by atoms with Gasteiger partial charge in [0.05, 0.1) is 14.2 Å². The highest BCUT2D eigenvalue weighted by atomic mass is 16.5. The molecule has 2 aromatic carbocycles. The number of methoxy groups -OCH3 is 2. The number of phenols is 1. The van der Waals surface area contributed by atoms with Gasteiger partial charge in [-0.05, 0) is 18.4 Å². The number of rotatable bonds is 3. The highest BCUT2D eigenvalue weighted by Gasteiger charge is 2.29. The SMILES string of the molecule is COc1cc(O)c(OC)c2c1CC[C@@H](c1ccccc1)O2. The van der Waals surface area contributed by atoms with Gasteiger partial charge in [-0.2, -0.15) is 0 Å². The molecule has 110 valence electrons. The van der Waals surface area contributed by atoms with Crippen LogP contribution >= 0.6 is 0 Å². The van der Waals surface area contributed by atoms with E-state index in [1.165, 1.54) is 7.11 Å². The van der Waals surface area contributed by atoms with E-state index < -0.39 is 0 Å². The van der Waals surface area contributed by atoms with Crippen LogP contribution in [0.4, 0.5) is 0 Å². The fourth-order valence-corrected chi connectivity index (χ4v) is 2.76. The second-order valence-corrected chi connectivity index (χ2v) is 4.99. The van der Waals surface area contributed by atoms with Gasteiger partial charge in [-0.3, -0.25) is 0 Å². The lowest BCUT2D eigenvalue weighted by Gasteiger charge is -2.29. The first-order valence-corrected chi connectivity index (χ1v) is 6.93. The standard InChI is InChI=1S/C17H18O4/c1-19-15-10-13(18)17(20-2)16-12(15)8-9-14(21-16)11-6-4-3-5-7-11/h3-7,10,14,18H,8-9H2,1-2H3/t14-/m0/s1.